The molecular weight excluding hydrogens is 378 g/mol. The summed E-state index contributed by atoms with van der Waals surface area (Å²) in [4.78, 5) is 20.0. The first-order valence-corrected chi connectivity index (χ1v) is 9.73. The highest BCUT2D eigenvalue weighted by Gasteiger charge is 2.28. The normalized spacial score (nSPS) is 16.8. The molecule has 2 aromatic rings. The van der Waals surface area contributed by atoms with E-state index in [1.165, 1.54) is 6.20 Å². The summed E-state index contributed by atoms with van der Waals surface area (Å²) in [6, 6.07) is 9.76. The number of aromatic amines is 1. The monoisotopic (exact) mass is 403 g/mol. The Balaban J connectivity index is 2.10. The molecule has 0 fully saturated rings. The second-order valence-corrected chi connectivity index (χ2v) is 6.68. The lowest BCUT2D eigenvalue weighted by Gasteiger charge is -2.20. The molecule has 6 heteroatoms. The number of allylic oxidation sites excluding steroid dienone is 6. The molecule has 154 valence electrons. The Kier molecular flexibility index (Phi) is 6.70. The summed E-state index contributed by atoms with van der Waals surface area (Å²) in [5.41, 5.74) is 9.12. The van der Waals surface area contributed by atoms with Gasteiger partial charge in [-0.3, -0.25) is 0 Å². The van der Waals surface area contributed by atoms with Crippen molar-refractivity contribution < 1.29 is 14.6 Å². The summed E-state index contributed by atoms with van der Waals surface area (Å²) in [5.74, 6) is -0.0966. The van der Waals surface area contributed by atoms with Crippen LogP contribution in [0.15, 0.2) is 84.8 Å². The lowest BCUT2D eigenvalue weighted by molar-refractivity contribution is -0.133. The summed E-state index contributed by atoms with van der Waals surface area (Å²) >= 11 is 0. The maximum absolute atomic E-state index is 11.8. The molecule has 1 aliphatic rings. The van der Waals surface area contributed by atoms with Gasteiger partial charge in [0.05, 0.1) is 23.6 Å². The highest BCUT2D eigenvalue weighted by Crippen LogP contribution is 2.36. The van der Waals surface area contributed by atoms with Gasteiger partial charge < -0.3 is 20.6 Å². The second kappa shape index (κ2) is 9.60. The third-order valence-corrected chi connectivity index (χ3v) is 4.76. The molecule has 30 heavy (non-hydrogen) atoms. The number of hydrogen-bond acceptors (Lipinski definition) is 4. The smallest absolute Gasteiger partial charge is 0.335 e. The molecule has 6 nitrogen and oxygen atoms in total. The standard InChI is InChI=1S/C24H25N3O3/c1-3-8-16(13-14-25)21-22(27-23(26-21)17-9-6-5-7-10-17)18-11-12-20(30-4-2)19(15-18)24(28)29/h3,5-14,18H,1,4,15,25H2,2H3,(H,26,27)(H,28,29)/b14-13-,16-8+. The second-order valence-electron chi connectivity index (χ2n) is 6.68. The quantitative estimate of drug-likeness (QED) is 0.562. The topological polar surface area (TPSA) is 101 Å². The lowest BCUT2D eigenvalue weighted by atomic mass is 9.88. The Hall–Kier alpha value is -3.80. The number of nitrogens with two attached hydrogens (primary N) is 1. The minimum atomic E-state index is -0.985. The highest BCUT2D eigenvalue weighted by atomic mass is 16.5. The van der Waals surface area contributed by atoms with Crippen LogP contribution in [0.1, 0.15) is 30.7 Å². The number of imidazole rings is 1. The average Bonchev–Trinajstić information content (AvgIpc) is 3.20. The number of H-pyrrole nitrogens is 1. The number of carboxylic acids is 1. The van der Waals surface area contributed by atoms with Crippen LogP contribution >= 0.6 is 0 Å². The zero-order chi connectivity index (χ0) is 21.5. The van der Waals surface area contributed by atoms with Gasteiger partial charge in [-0.05, 0) is 31.7 Å². The van der Waals surface area contributed by atoms with E-state index < -0.39 is 5.97 Å². The summed E-state index contributed by atoms with van der Waals surface area (Å²) < 4.78 is 5.50. The largest absolute Gasteiger partial charge is 0.493 e. The predicted molar refractivity (Wildman–Crippen MR) is 118 cm³/mol. The van der Waals surface area contributed by atoms with Crippen LogP contribution in [0.25, 0.3) is 17.0 Å². The van der Waals surface area contributed by atoms with E-state index in [-0.39, 0.29) is 17.9 Å². The molecule has 0 aliphatic heterocycles. The van der Waals surface area contributed by atoms with Crippen LogP contribution in [0.3, 0.4) is 0 Å². The Morgan fingerprint density at radius 3 is 2.80 bits per heavy atom. The summed E-state index contributed by atoms with van der Waals surface area (Å²) in [5, 5.41) is 9.68. The Labute approximate surface area is 175 Å². The molecular formula is C24H25N3O3. The van der Waals surface area contributed by atoms with Crippen molar-refractivity contribution in [3.8, 4) is 11.4 Å². The maximum atomic E-state index is 11.8. The molecule has 0 radical (unpaired) electrons. The lowest BCUT2D eigenvalue weighted by Crippen LogP contribution is -2.14. The number of aliphatic carboxylic acids is 1. The molecule has 1 aliphatic carbocycles. The van der Waals surface area contributed by atoms with E-state index in [0.717, 1.165) is 16.8 Å². The first kappa shape index (κ1) is 20.9. The number of rotatable bonds is 8. The number of nitrogens with one attached hydrogen (secondary N) is 1. The van der Waals surface area contributed by atoms with Gasteiger partial charge in [-0.15, -0.1) is 0 Å². The molecule has 0 spiro atoms. The van der Waals surface area contributed by atoms with Crippen LogP contribution in [-0.4, -0.2) is 27.7 Å². The Bertz CT molecular complexity index is 1040. The van der Waals surface area contributed by atoms with E-state index in [9.17, 15) is 9.90 Å². The summed E-state index contributed by atoms with van der Waals surface area (Å²) in [6.07, 6.45) is 10.7. The van der Waals surface area contributed by atoms with E-state index in [2.05, 4.69) is 11.6 Å². The zero-order valence-electron chi connectivity index (χ0n) is 16.8. The van der Waals surface area contributed by atoms with Crippen molar-refractivity contribution >= 4 is 11.5 Å². The molecule has 1 unspecified atom stereocenters. The molecule has 0 amide bonds. The number of nitrogens with zero attached hydrogens (tertiary/aromatic N) is 1. The highest BCUT2D eigenvalue weighted by molar-refractivity contribution is 5.88. The van der Waals surface area contributed by atoms with E-state index in [0.29, 0.717) is 23.9 Å². The molecule has 1 aromatic carbocycles. The van der Waals surface area contributed by atoms with E-state index in [4.69, 9.17) is 15.5 Å². The van der Waals surface area contributed by atoms with Crippen molar-refractivity contribution in [2.45, 2.75) is 19.3 Å². The SMILES string of the molecule is C=C/C=C(\C=C/N)c1nc(-c2ccccc2)[nH]c1C1C=CC(OCC)=C(C(=O)O)C1. The molecule has 1 heterocycles. The van der Waals surface area contributed by atoms with Gasteiger partial charge in [0.2, 0.25) is 0 Å². The molecule has 1 atom stereocenters. The van der Waals surface area contributed by atoms with Crippen molar-refractivity contribution in [2.24, 2.45) is 5.73 Å². The van der Waals surface area contributed by atoms with E-state index in [1.807, 2.05) is 49.4 Å². The van der Waals surface area contributed by atoms with Crippen LogP contribution in [0.4, 0.5) is 0 Å². The molecule has 3 rings (SSSR count). The number of carboxylic acid groups (broad SMARTS) is 1. The number of benzene rings is 1. The van der Waals surface area contributed by atoms with Gasteiger partial charge in [0.25, 0.3) is 0 Å². The van der Waals surface area contributed by atoms with Crippen molar-refractivity contribution in [2.75, 3.05) is 6.61 Å². The fourth-order valence-electron chi connectivity index (χ4n) is 3.43. The third-order valence-electron chi connectivity index (χ3n) is 4.76. The van der Waals surface area contributed by atoms with Crippen molar-refractivity contribution in [3.05, 3.63) is 96.2 Å². The van der Waals surface area contributed by atoms with Crippen molar-refractivity contribution in [1.29, 1.82) is 0 Å². The summed E-state index contributed by atoms with van der Waals surface area (Å²) in [7, 11) is 0. The fourth-order valence-corrected chi connectivity index (χ4v) is 3.43. The summed E-state index contributed by atoms with van der Waals surface area (Å²) in [6.45, 7) is 6.01. The van der Waals surface area contributed by atoms with Gasteiger partial charge in [-0.25, -0.2) is 9.78 Å². The fraction of sp³-hybridized carbons (Fsp3) is 0.167. The van der Waals surface area contributed by atoms with E-state index in [1.54, 1.807) is 18.2 Å². The van der Waals surface area contributed by atoms with Gasteiger partial charge >= 0.3 is 5.97 Å². The zero-order valence-corrected chi connectivity index (χ0v) is 16.8. The molecule has 0 saturated heterocycles. The maximum Gasteiger partial charge on any atom is 0.335 e. The van der Waals surface area contributed by atoms with E-state index >= 15 is 0 Å². The number of hydrogen-bond donors (Lipinski definition) is 3. The van der Waals surface area contributed by atoms with Gasteiger partial charge in [0.15, 0.2) is 0 Å². The first-order chi connectivity index (χ1) is 14.6. The van der Waals surface area contributed by atoms with Gasteiger partial charge in [-0.2, -0.15) is 0 Å². The first-order valence-electron chi connectivity index (χ1n) is 9.73. The number of ether oxygens (including phenoxy) is 1. The minimum Gasteiger partial charge on any atom is -0.493 e. The van der Waals surface area contributed by atoms with Gasteiger partial charge in [-0.1, -0.05) is 55.1 Å². The van der Waals surface area contributed by atoms with Crippen molar-refractivity contribution in [1.82, 2.24) is 9.97 Å². The van der Waals surface area contributed by atoms with Crippen LogP contribution in [0.2, 0.25) is 0 Å². The van der Waals surface area contributed by atoms with Crippen LogP contribution in [-0.2, 0) is 9.53 Å². The molecule has 4 N–H and O–H groups in total. The molecule has 0 bridgehead atoms. The Morgan fingerprint density at radius 1 is 1.40 bits per heavy atom. The third kappa shape index (κ3) is 4.43. The van der Waals surface area contributed by atoms with Gasteiger partial charge in [0, 0.05) is 17.1 Å². The molecule has 0 saturated carbocycles. The predicted octanol–water partition coefficient (Wildman–Crippen LogP) is 4.54. The average molecular weight is 403 g/mol. The minimum absolute atomic E-state index is 0.209. The van der Waals surface area contributed by atoms with Crippen LogP contribution < -0.4 is 5.73 Å². The van der Waals surface area contributed by atoms with Crippen LogP contribution in [0.5, 0.6) is 0 Å². The van der Waals surface area contributed by atoms with Gasteiger partial charge in [0.1, 0.15) is 11.6 Å². The van der Waals surface area contributed by atoms with Crippen molar-refractivity contribution in [3.63, 3.8) is 0 Å². The number of carbonyl (C=O) groups is 1. The Morgan fingerprint density at radius 2 is 2.17 bits per heavy atom. The van der Waals surface area contributed by atoms with Crippen LogP contribution in [0, 0.1) is 0 Å². The number of aromatic nitrogens is 2. The molecule has 1 aromatic heterocycles.